The molecule has 2 aromatic carbocycles. The molecule has 2 N–H and O–H groups in total. The van der Waals surface area contributed by atoms with Crippen LogP contribution < -0.4 is 5.32 Å². The molecule has 0 saturated heterocycles. The van der Waals surface area contributed by atoms with E-state index in [0.29, 0.717) is 27.8 Å². The normalized spacial score (nSPS) is 13.9. The van der Waals surface area contributed by atoms with Gasteiger partial charge in [0.2, 0.25) is 11.7 Å². The maximum absolute atomic E-state index is 13.2. The molecule has 0 aliphatic heterocycles. The Morgan fingerprint density at radius 2 is 2.00 bits per heavy atom. The number of nitrogens with zero attached hydrogens (tertiary/aromatic N) is 5. The van der Waals surface area contributed by atoms with Crippen LogP contribution in [0.15, 0.2) is 60.8 Å². The SMILES string of the molecule is N#Cc1ccc(-c2ccc(NC(=O)C3(c4cccc(Cl)c4)CC3)cc2-c2nn[nH]n2)cn1. The Hall–Kier alpha value is -4.09. The molecule has 0 bridgehead atoms. The molecule has 4 aromatic rings. The van der Waals surface area contributed by atoms with Crippen molar-refractivity contribution < 1.29 is 4.79 Å². The van der Waals surface area contributed by atoms with Crippen molar-refractivity contribution in [2.75, 3.05) is 5.32 Å². The number of aromatic nitrogens is 5. The first-order valence-electron chi connectivity index (χ1n) is 9.91. The Labute approximate surface area is 188 Å². The summed E-state index contributed by atoms with van der Waals surface area (Å²) >= 11 is 6.14. The number of nitrogens with one attached hydrogen (secondary N) is 2. The van der Waals surface area contributed by atoms with E-state index in [4.69, 9.17) is 16.9 Å². The number of hydrogen-bond acceptors (Lipinski definition) is 6. The van der Waals surface area contributed by atoms with Crippen molar-refractivity contribution in [3.8, 4) is 28.6 Å². The summed E-state index contributed by atoms with van der Waals surface area (Å²) in [7, 11) is 0. The number of rotatable bonds is 5. The van der Waals surface area contributed by atoms with E-state index in [0.717, 1.165) is 29.5 Å². The monoisotopic (exact) mass is 441 g/mol. The number of tetrazole rings is 1. The number of aromatic amines is 1. The highest BCUT2D eigenvalue weighted by atomic mass is 35.5. The van der Waals surface area contributed by atoms with Crippen molar-refractivity contribution in [2.45, 2.75) is 18.3 Å². The Bertz CT molecular complexity index is 1340. The Balaban J connectivity index is 1.48. The summed E-state index contributed by atoms with van der Waals surface area (Å²) in [5.74, 6) is 0.308. The van der Waals surface area contributed by atoms with Crippen molar-refractivity contribution in [2.24, 2.45) is 0 Å². The Morgan fingerprint density at radius 3 is 2.66 bits per heavy atom. The number of benzene rings is 2. The van der Waals surface area contributed by atoms with E-state index in [-0.39, 0.29) is 5.91 Å². The maximum Gasteiger partial charge on any atom is 0.235 e. The fourth-order valence-electron chi connectivity index (χ4n) is 3.76. The minimum Gasteiger partial charge on any atom is -0.325 e. The van der Waals surface area contributed by atoms with Crippen LogP contribution in [0.4, 0.5) is 5.69 Å². The molecule has 5 rings (SSSR count). The van der Waals surface area contributed by atoms with Crippen molar-refractivity contribution in [3.63, 3.8) is 0 Å². The van der Waals surface area contributed by atoms with Gasteiger partial charge in [-0.2, -0.15) is 10.5 Å². The topological polar surface area (TPSA) is 120 Å². The number of anilines is 1. The molecule has 0 unspecified atom stereocenters. The van der Waals surface area contributed by atoms with Gasteiger partial charge in [-0.1, -0.05) is 29.8 Å². The summed E-state index contributed by atoms with van der Waals surface area (Å²) in [6, 6.07) is 18.4. The van der Waals surface area contributed by atoms with E-state index in [9.17, 15) is 4.79 Å². The molecule has 0 radical (unpaired) electrons. The molecule has 1 amide bonds. The molecule has 9 heteroatoms. The number of halogens is 1. The molecule has 1 aliphatic carbocycles. The highest BCUT2D eigenvalue weighted by molar-refractivity contribution is 6.30. The third-order valence-electron chi connectivity index (χ3n) is 5.61. The third kappa shape index (κ3) is 3.59. The van der Waals surface area contributed by atoms with Crippen LogP contribution in [0, 0.1) is 11.3 Å². The summed E-state index contributed by atoms with van der Waals surface area (Å²) in [6.45, 7) is 0. The van der Waals surface area contributed by atoms with Crippen LogP contribution in [-0.4, -0.2) is 31.5 Å². The minimum absolute atomic E-state index is 0.0772. The largest absolute Gasteiger partial charge is 0.325 e. The van der Waals surface area contributed by atoms with Crippen LogP contribution in [0.1, 0.15) is 24.1 Å². The minimum atomic E-state index is -0.563. The number of H-pyrrole nitrogens is 1. The van der Waals surface area contributed by atoms with Crippen LogP contribution in [-0.2, 0) is 10.2 Å². The molecule has 0 spiro atoms. The standard InChI is InChI=1S/C23H16ClN7O/c24-16-3-1-2-15(10-16)23(8-9-23)22(32)27-17-6-7-19(14-4-5-18(12-25)26-13-14)20(11-17)21-28-30-31-29-21/h1-7,10-11,13H,8-9H2,(H,27,32)(H,28,29,30,31). The predicted octanol–water partition coefficient (Wildman–Crippen LogP) is 4.12. The summed E-state index contributed by atoms with van der Waals surface area (Å²) < 4.78 is 0. The molecule has 0 atom stereocenters. The quantitative estimate of drug-likeness (QED) is 0.480. The van der Waals surface area contributed by atoms with Gasteiger partial charge in [0.15, 0.2) is 0 Å². The molecule has 1 fully saturated rings. The molecule has 32 heavy (non-hydrogen) atoms. The summed E-state index contributed by atoms with van der Waals surface area (Å²) in [4.78, 5) is 17.3. The lowest BCUT2D eigenvalue weighted by molar-refractivity contribution is -0.118. The summed E-state index contributed by atoms with van der Waals surface area (Å²) in [5, 5.41) is 27.0. The number of carbonyl (C=O) groups excluding carboxylic acids is 1. The first-order chi connectivity index (χ1) is 15.6. The number of pyridine rings is 1. The zero-order valence-electron chi connectivity index (χ0n) is 16.7. The molecule has 2 heterocycles. The van der Waals surface area contributed by atoms with Gasteiger partial charge in [-0.25, -0.2) is 4.98 Å². The number of carbonyl (C=O) groups is 1. The lowest BCUT2D eigenvalue weighted by Gasteiger charge is -2.17. The van der Waals surface area contributed by atoms with Gasteiger partial charge in [-0.3, -0.25) is 4.79 Å². The summed E-state index contributed by atoms with van der Waals surface area (Å²) in [6.07, 6.45) is 3.16. The average Bonchev–Trinajstić information content (AvgIpc) is 3.46. The molecule has 156 valence electrons. The number of nitriles is 1. The second-order valence-electron chi connectivity index (χ2n) is 7.59. The van der Waals surface area contributed by atoms with E-state index >= 15 is 0 Å². The smallest absolute Gasteiger partial charge is 0.235 e. The summed E-state index contributed by atoms with van der Waals surface area (Å²) in [5.41, 5.74) is 3.57. The lowest BCUT2D eigenvalue weighted by atomic mass is 9.94. The lowest BCUT2D eigenvalue weighted by Crippen LogP contribution is -2.27. The first kappa shape index (κ1) is 19.8. The maximum atomic E-state index is 13.2. The molecule has 1 aliphatic rings. The number of hydrogen-bond donors (Lipinski definition) is 2. The molecule has 2 aromatic heterocycles. The highest BCUT2D eigenvalue weighted by Gasteiger charge is 2.51. The highest BCUT2D eigenvalue weighted by Crippen LogP contribution is 2.49. The molecular weight excluding hydrogens is 426 g/mol. The van der Waals surface area contributed by atoms with Crippen LogP contribution in [0.25, 0.3) is 22.5 Å². The molecular formula is C23H16ClN7O. The van der Waals surface area contributed by atoms with Gasteiger partial charge in [0.05, 0.1) is 5.41 Å². The Kier molecular flexibility index (Phi) is 4.88. The average molecular weight is 442 g/mol. The fourth-order valence-corrected chi connectivity index (χ4v) is 3.95. The van der Waals surface area contributed by atoms with E-state index in [1.807, 2.05) is 42.5 Å². The van der Waals surface area contributed by atoms with Crippen molar-refractivity contribution in [1.82, 2.24) is 25.6 Å². The van der Waals surface area contributed by atoms with Crippen molar-refractivity contribution in [1.29, 1.82) is 5.26 Å². The van der Waals surface area contributed by atoms with Gasteiger partial charge in [-0.15, -0.1) is 10.2 Å². The number of amides is 1. The third-order valence-corrected chi connectivity index (χ3v) is 5.85. The van der Waals surface area contributed by atoms with Gasteiger partial charge < -0.3 is 5.32 Å². The molecule has 1 saturated carbocycles. The fraction of sp³-hybridized carbons (Fsp3) is 0.130. The van der Waals surface area contributed by atoms with Crippen LogP contribution in [0.5, 0.6) is 0 Å². The van der Waals surface area contributed by atoms with E-state index in [1.165, 1.54) is 0 Å². The second kappa shape index (κ2) is 7.87. The van der Waals surface area contributed by atoms with E-state index in [1.54, 1.807) is 24.4 Å². The van der Waals surface area contributed by atoms with E-state index < -0.39 is 5.41 Å². The van der Waals surface area contributed by atoms with Gasteiger partial charge in [-0.05, 0) is 65.6 Å². The van der Waals surface area contributed by atoms with Crippen LogP contribution in [0.3, 0.4) is 0 Å². The van der Waals surface area contributed by atoms with Crippen molar-refractivity contribution in [3.05, 3.63) is 77.1 Å². The zero-order chi connectivity index (χ0) is 22.1. The zero-order valence-corrected chi connectivity index (χ0v) is 17.5. The van der Waals surface area contributed by atoms with Crippen molar-refractivity contribution >= 4 is 23.2 Å². The Morgan fingerprint density at radius 1 is 1.12 bits per heavy atom. The molecule has 8 nitrogen and oxygen atoms in total. The predicted molar refractivity (Wildman–Crippen MR) is 119 cm³/mol. The van der Waals surface area contributed by atoms with Gasteiger partial charge >= 0.3 is 0 Å². The van der Waals surface area contributed by atoms with Gasteiger partial charge in [0, 0.05) is 28.0 Å². The van der Waals surface area contributed by atoms with E-state index in [2.05, 4.69) is 30.9 Å². The second-order valence-corrected chi connectivity index (χ2v) is 8.02. The van der Waals surface area contributed by atoms with Gasteiger partial charge in [0.1, 0.15) is 11.8 Å². The van der Waals surface area contributed by atoms with Crippen LogP contribution in [0.2, 0.25) is 5.02 Å². The van der Waals surface area contributed by atoms with Crippen LogP contribution >= 0.6 is 11.6 Å². The first-order valence-corrected chi connectivity index (χ1v) is 10.3. The van der Waals surface area contributed by atoms with Gasteiger partial charge in [0.25, 0.3) is 0 Å².